The van der Waals surface area contributed by atoms with Gasteiger partial charge in [-0.1, -0.05) is 6.07 Å². The van der Waals surface area contributed by atoms with Crippen LogP contribution in [0.5, 0.6) is 0 Å². The molecule has 2 amide bonds. The molecule has 0 aromatic carbocycles. The highest BCUT2D eigenvalue weighted by Gasteiger charge is 2.15. The van der Waals surface area contributed by atoms with E-state index in [2.05, 4.69) is 15.6 Å². The molecule has 0 saturated carbocycles. The third kappa shape index (κ3) is 5.69. The number of alkyl carbamates (subject to hydrolysis) is 1. The van der Waals surface area contributed by atoms with Crippen molar-refractivity contribution < 1.29 is 14.3 Å². The van der Waals surface area contributed by atoms with Crippen LogP contribution in [0.25, 0.3) is 0 Å². The molecule has 110 valence electrons. The summed E-state index contributed by atoms with van der Waals surface area (Å²) >= 11 is 0. The smallest absolute Gasteiger partial charge is 0.407 e. The van der Waals surface area contributed by atoms with E-state index in [0.29, 0.717) is 18.8 Å². The second-order valence-corrected chi connectivity index (χ2v) is 5.35. The summed E-state index contributed by atoms with van der Waals surface area (Å²) in [6.45, 7) is 7.80. The Hall–Kier alpha value is -2.11. The van der Waals surface area contributed by atoms with Gasteiger partial charge in [-0.05, 0) is 39.3 Å². The van der Waals surface area contributed by atoms with E-state index in [4.69, 9.17) is 4.74 Å². The molecule has 2 N–H and O–H groups in total. The molecule has 0 spiro atoms. The number of hydrogen-bond donors (Lipinski definition) is 2. The third-order valence-electron chi connectivity index (χ3n) is 2.30. The predicted octanol–water partition coefficient (Wildman–Crippen LogP) is 1.64. The fourth-order valence-electron chi connectivity index (χ4n) is 1.46. The van der Waals surface area contributed by atoms with E-state index in [1.54, 1.807) is 33.0 Å². The van der Waals surface area contributed by atoms with E-state index < -0.39 is 11.7 Å². The van der Waals surface area contributed by atoms with Crippen LogP contribution in [0.2, 0.25) is 0 Å². The second-order valence-electron chi connectivity index (χ2n) is 5.35. The van der Waals surface area contributed by atoms with E-state index >= 15 is 0 Å². The number of amides is 2. The molecular weight excluding hydrogens is 258 g/mol. The van der Waals surface area contributed by atoms with Crippen LogP contribution in [0, 0.1) is 6.92 Å². The Morgan fingerprint density at radius 3 is 2.50 bits per heavy atom. The van der Waals surface area contributed by atoms with E-state index in [0.717, 1.165) is 5.56 Å². The zero-order chi connectivity index (χ0) is 15.2. The van der Waals surface area contributed by atoms with Gasteiger partial charge in [0.05, 0.1) is 0 Å². The van der Waals surface area contributed by atoms with Crippen LogP contribution in [0.1, 0.15) is 36.8 Å². The van der Waals surface area contributed by atoms with Gasteiger partial charge in [0, 0.05) is 19.3 Å². The van der Waals surface area contributed by atoms with Gasteiger partial charge in [0.1, 0.15) is 11.3 Å². The van der Waals surface area contributed by atoms with Crippen LogP contribution in [0.4, 0.5) is 4.79 Å². The lowest BCUT2D eigenvalue weighted by atomic mass is 10.2. The van der Waals surface area contributed by atoms with Gasteiger partial charge in [-0.15, -0.1) is 0 Å². The van der Waals surface area contributed by atoms with E-state index in [9.17, 15) is 9.59 Å². The first kappa shape index (κ1) is 15.9. The minimum Gasteiger partial charge on any atom is -0.444 e. The van der Waals surface area contributed by atoms with Crippen LogP contribution >= 0.6 is 0 Å². The van der Waals surface area contributed by atoms with Gasteiger partial charge >= 0.3 is 6.09 Å². The first-order valence-electron chi connectivity index (χ1n) is 6.46. The Morgan fingerprint density at radius 2 is 1.90 bits per heavy atom. The van der Waals surface area contributed by atoms with E-state index in [1.807, 2.05) is 13.0 Å². The van der Waals surface area contributed by atoms with Gasteiger partial charge in [-0.2, -0.15) is 0 Å². The molecule has 0 unspecified atom stereocenters. The molecule has 0 radical (unpaired) electrons. The summed E-state index contributed by atoms with van der Waals surface area (Å²) in [5, 5.41) is 5.25. The highest BCUT2D eigenvalue weighted by molar-refractivity contribution is 5.93. The average Bonchev–Trinajstić information content (AvgIpc) is 2.33. The van der Waals surface area contributed by atoms with Gasteiger partial charge in [-0.25, -0.2) is 4.79 Å². The van der Waals surface area contributed by atoms with Gasteiger partial charge < -0.3 is 15.4 Å². The summed E-state index contributed by atoms with van der Waals surface area (Å²) in [4.78, 5) is 27.2. The Labute approximate surface area is 118 Å². The molecule has 6 nitrogen and oxygen atoms in total. The predicted molar refractivity (Wildman–Crippen MR) is 75.5 cm³/mol. The molecular formula is C14H21N3O3. The number of carbonyl (C=O) groups is 2. The molecule has 0 aliphatic heterocycles. The highest BCUT2D eigenvalue weighted by Crippen LogP contribution is 2.06. The largest absolute Gasteiger partial charge is 0.444 e. The van der Waals surface area contributed by atoms with Crippen molar-refractivity contribution in [2.45, 2.75) is 33.3 Å². The van der Waals surface area contributed by atoms with Crippen molar-refractivity contribution in [3.8, 4) is 0 Å². The van der Waals surface area contributed by atoms with Gasteiger partial charge in [-0.3, -0.25) is 9.78 Å². The normalized spacial score (nSPS) is 10.8. The minimum atomic E-state index is -0.529. The topological polar surface area (TPSA) is 80.3 Å². The molecule has 0 saturated heterocycles. The van der Waals surface area contributed by atoms with Crippen molar-refractivity contribution in [3.63, 3.8) is 0 Å². The molecule has 0 bridgehead atoms. The Kier molecular flexibility index (Phi) is 5.49. The molecule has 1 aromatic rings. The summed E-state index contributed by atoms with van der Waals surface area (Å²) in [6.07, 6.45) is 1.07. The lowest BCUT2D eigenvalue weighted by molar-refractivity contribution is 0.0526. The molecule has 20 heavy (non-hydrogen) atoms. The molecule has 0 aliphatic carbocycles. The van der Waals surface area contributed by atoms with Crippen molar-refractivity contribution >= 4 is 12.0 Å². The molecule has 1 heterocycles. The number of aryl methyl sites for hydroxylation is 1. The number of rotatable bonds is 4. The summed E-state index contributed by atoms with van der Waals surface area (Å²) in [7, 11) is 0. The molecule has 0 aliphatic rings. The maximum atomic E-state index is 11.8. The van der Waals surface area contributed by atoms with Crippen molar-refractivity contribution in [2.24, 2.45) is 0 Å². The molecule has 1 aromatic heterocycles. The van der Waals surface area contributed by atoms with Crippen LogP contribution in [-0.2, 0) is 4.74 Å². The lowest BCUT2D eigenvalue weighted by Gasteiger charge is -2.19. The Bertz CT molecular complexity index is 481. The molecule has 6 heteroatoms. The number of pyridine rings is 1. The molecule has 0 atom stereocenters. The van der Waals surface area contributed by atoms with Crippen molar-refractivity contribution in [1.29, 1.82) is 0 Å². The monoisotopic (exact) mass is 279 g/mol. The van der Waals surface area contributed by atoms with Crippen LogP contribution in [0.15, 0.2) is 18.3 Å². The number of ether oxygens (including phenoxy) is 1. The first-order valence-corrected chi connectivity index (χ1v) is 6.46. The second kappa shape index (κ2) is 6.88. The lowest BCUT2D eigenvalue weighted by Crippen LogP contribution is -2.38. The standard InChI is InChI=1S/C14H21N3O3/c1-10-6-5-7-15-11(10)12(18)16-8-9-17-13(19)20-14(2,3)4/h5-7H,8-9H2,1-4H3,(H,16,18)(H,17,19). The summed E-state index contributed by atoms with van der Waals surface area (Å²) in [5.41, 5.74) is 0.674. The number of carbonyl (C=O) groups excluding carboxylic acids is 2. The van der Waals surface area contributed by atoms with Crippen molar-refractivity contribution in [1.82, 2.24) is 15.6 Å². The fourth-order valence-corrected chi connectivity index (χ4v) is 1.46. The summed E-state index contributed by atoms with van der Waals surface area (Å²) in [6, 6.07) is 3.59. The van der Waals surface area contributed by atoms with Crippen molar-refractivity contribution in [2.75, 3.05) is 13.1 Å². The van der Waals surface area contributed by atoms with E-state index in [-0.39, 0.29) is 5.91 Å². The van der Waals surface area contributed by atoms with Crippen LogP contribution < -0.4 is 10.6 Å². The fraction of sp³-hybridized carbons (Fsp3) is 0.500. The Morgan fingerprint density at radius 1 is 1.25 bits per heavy atom. The quantitative estimate of drug-likeness (QED) is 0.821. The minimum absolute atomic E-state index is 0.255. The maximum Gasteiger partial charge on any atom is 0.407 e. The molecule has 0 fully saturated rings. The number of nitrogens with zero attached hydrogens (tertiary/aromatic N) is 1. The van der Waals surface area contributed by atoms with Crippen LogP contribution in [0.3, 0.4) is 0 Å². The zero-order valence-electron chi connectivity index (χ0n) is 12.3. The van der Waals surface area contributed by atoms with Crippen molar-refractivity contribution in [3.05, 3.63) is 29.6 Å². The maximum absolute atomic E-state index is 11.8. The first-order chi connectivity index (χ1) is 9.29. The summed E-state index contributed by atoms with van der Waals surface area (Å²) < 4.78 is 5.07. The third-order valence-corrected chi connectivity index (χ3v) is 2.30. The van der Waals surface area contributed by atoms with Gasteiger partial charge in [0.25, 0.3) is 5.91 Å². The molecule has 1 rings (SSSR count). The van der Waals surface area contributed by atoms with Gasteiger partial charge in [0.15, 0.2) is 0 Å². The SMILES string of the molecule is Cc1cccnc1C(=O)NCCNC(=O)OC(C)(C)C. The zero-order valence-corrected chi connectivity index (χ0v) is 12.3. The Balaban J connectivity index is 2.30. The average molecular weight is 279 g/mol. The number of aromatic nitrogens is 1. The highest BCUT2D eigenvalue weighted by atomic mass is 16.6. The summed E-state index contributed by atoms with van der Waals surface area (Å²) in [5.74, 6) is -0.255. The number of nitrogens with one attached hydrogen (secondary N) is 2. The number of hydrogen-bond acceptors (Lipinski definition) is 4. The van der Waals surface area contributed by atoms with E-state index in [1.165, 1.54) is 0 Å². The van der Waals surface area contributed by atoms with Gasteiger partial charge in [0.2, 0.25) is 0 Å². The van der Waals surface area contributed by atoms with Crippen LogP contribution in [-0.4, -0.2) is 35.7 Å².